The molecule has 1 amide bonds. The highest BCUT2D eigenvalue weighted by Crippen LogP contribution is 2.34. The average Bonchev–Trinajstić information content (AvgIpc) is 2.68. The normalized spacial score (nSPS) is 11.5. The highest BCUT2D eigenvalue weighted by atomic mass is 35.5. The molecule has 1 aromatic carbocycles. The Bertz CT molecular complexity index is 1140. The fraction of sp³-hybridized carbons (Fsp3) is 0.182. The first-order chi connectivity index (χ1) is 14.6. The van der Waals surface area contributed by atoms with E-state index in [0.29, 0.717) is 22.3 Å². The molecule has 0 saturated heterocycles. The predicted octanol–water partition coefficient (Wildman–Crippen LogP) is 5.85. The number of amides is 1. The van der Waals surface area contributed by atoms with E-state index in [0.717, 1.165) is 16.8 Å². The number of nitrogens with two attached hydrogens (primary N) is 1. The van der Waals surface area contributed by atoms with Crippen LogP contribution in [0.4, 0.5) is 16.3 Å². The Morgan fingerprint density at radius 1 is 1.16 bits per heavy atom. The van der Waals surface area contributed by atoms with Crippen LogP contribution in [0.15, 0.2) is 42.7 Å². The molecule has 2 aromatic heterocycles. The van der Waals surface area contributed by atoms with E-state index in [1.807, 2.05) is 57.2 Å². The van der Waals surface area contributed by atoms with Gasteiger partial charge in [-0.25, -0.2) is 9.78 Å². The SMILES string of the molecule is CC(C)(C)c1c(OC(N)=O)ccnc1/C=C\c1cccc(Nc2nc(Cl)ncc2Cl)c1. The second kappa shape index (κ2) is 9.32. The van der Waals surface area contributed by atoms with Gasteiger partial charge in [0.1, 0.15) is 10.8 Å². The molecule has 0 bridgehead atoms. The van der Waals surface area contributed by atoms with E-state index in [4.69, 9.17) is 33.7 Å². The predicted molar refractivity (Wildman–Crippen MR) is 124 cm³/mol. The third kappa shape index (κ3) is 5.93. The van der Waals surface area contributed by atoms with Gasteiger partial charge in [0.25, 0.3) is 0 Å². The van der Waals surface area contributed by atoms with Gasteiger partial charge in [-0.1, -0.05) is 50.6 Å². The maximum absolute atomic E-state index is 11.3. The number of carbonyl (C=O) groups is 1. The fourth-order valence-electron chi connectivity index (χ4n) is 3.00. The summed E-state index contributed by atoms with van der Waals surface area (Å²) < 4.78 is 5.19. The number of ether oxygens (including phenoxy) is 1. The van der Waals surface area contributed by atoms with E-state index in [9.17, 15) is 4.79 Å². The van der Waals surface area contributed by atoms with Gasteiger partial charge in [0, 0.05) is 17.4 Å². The van der Waals surface area contributed by atoms with Crippen molar-refractivity contribution < 1.29 is 9.53 Å². The summed E-state index contributed by atoms with van der Waals surface area (Å²) in [5, 5.41) is 3.59. The van der Waals surface area contributed by atoms with Crippen LogP contribution in [0.25, 0.3) is 12.2 Å². The minimum atomic E-state index is -0.867. The molecule has 0 saturated carbocycles. The zero-order valence-corrected chi connectivity index (χ0v) is 18.7. The van der Waals surface area contributed by atoms with Crippen LogP contribution < -0.4 is 15.8 Å². The Balaban J connectivity index is 1.91. The third-order valence-corrected chi connectivity index (χ3v) is 4.66. The van der Waals surface area contributed by atoms with Gasteiger partial charge in [-0.05, 0) is 46.9 Å². The molecule has 0 spiro atoms. The summed E-state index contributed by atoms with van der Waals surface area (Å²) >= 11 is 12.0. The number of nitrogens with zero attached hydrogens (tertiary/aromatic N) is 3. The van der Waals surface area contributed by atoms with E-state index in [2.05, 4.69) is 20.3 Å². The van der Waals surface area contributed by atoms with E-state index in [-0.39, 0.29) is 10.7 Å². The lowest BCUT2D eigenvalue weighted by molar-refractivity contribution is 0.210. The number of primary amides is 1. The van der Waals surface area contributed by atoms with Crippen molar-refractivity contribution in [3.8, 4) is 5.75 Å². The summed E-state index contributed by atoms with van der Waals surface area (Å²) in [5.74, 6) is 0.802. The van der Waals surface area contributed by atoms with Gasteiger partial charge < -0.3 is 15.8 Å². The van der Waals surface area contributed by atoms with Gasteiger partial charge in [0.2, 0.25) is 5.28 Å². The molecule has 0 aliphatic heterocycles. The molecule has 160 valence electrons. The molecule has 0 aliphatic carbocycles. The minimum absolute atomic E-state index is 0.0989. The van der Waals surface area contributed by atoms with Gasteiger partial charge in [-0.3, -0.25) is 4.98 Å². The number of nitrogens with one attached hydrogen (secondary N) is 1. The van der Waals surface area contributed by atoms with E-state index in [1.54, 1.807) is 12.3 Å². The Morgan fingerprint density at radius 3 is 2.65 bits per heavy atom. The number of aromatic nitrogens is 3. The molecule has 0 aliphatic rings. The number of hydrogen-bond acceptors (Lipinski definition) is 6. The van der Waals surface area contributed by atoms with Crippen molar-refractivity contribution in [1.82, 2.24) is 15.0 Å². The minimum Gasteiger partial charge on any atom is -0.410 e. The Hall–Kier alpha value is -3.16. The van der Waals surface area contributed by atoms with Gasteiger partial charge in [0.15, 0.2) is 5.82 Å². The lowest BCUT2D eigenvalue weighted by Gasteiger charge is -2.23. The summed E-state index contributed by atoms with van der Waals surface area (Å²) in [6.07, 6.45) is 5.91. The zero-order chi connectivity index (χ0) is 22.6. The molecule has 0 radical (unpaired) electrons. The molecule has 3 aromatic rings. The topological polar surface area (TPSA) is 103 Å². The molecule has 9 heteroatoms. The van der Waals surface area contributed by atoms with Crippen molar-refractivity contribution in [2.75, 3.05) is 5.32 Å². The molecule has 0 atom stereocenters. The third-order valence-electron chi connectivity index (χ3n) is 4.20. The Morgan fingerprint density at radius 2 is 1.94 bits per heavy atom. The fourth-order valence-corrected chi connectivity index (χ4v) is 3.27. The van der Waals surface area contributed by atoms with Crippen LogP contribution >= 0.6 is 23.2 Å². The van der Waals surface area contributed by atoms with Crippen molar-refractivity contribution >= 4 is 53.0 Å². The molecule has 3 rings (SSSR count). The number of carbonyl (C=O) groups excluding carboxylic acids is 1. The first-order valence-electron chi connectivity index (χ1n) is 9.33. The van der Waals surface area contributed by atoms with E-state index in [1.165, 1.54) is 6.20 Å². The summed E-state index contributed by atoms with van der Waals surface area (Å²) in [5.41, 5.74) is 8.02. The van der Waals surface area contributed by atoms with Crippen LogP contribution in [-0.2, 0) is 5.41 Å². The van der Waals surface area contributed by atoms with E-state index >= 15 is 0 Å². The van der Waals surface area contributed by atoms with Crippen molar-refractivity contribution in [3.63, 3.8) is 0 Å². The second-order valence-corrected chi connectivity index (χ2v) is 8.41. The van der Waals surface area contributed by atoms with Gasteiger partial charge in [0.05, 0.1) is 11.9 Å². The largest absolute Gasteiger partial charge is 0.410 e. The number of anilines is 2. The monoisotopic (exact) mass is 457 g/mol. The lowest BCUT2D eigenvalue weighted by atomic mass is 9.85. The van der Waals surface area contributed by atoms with Crippen molar-refractivity contribution in [3.05, 3.63) is 69.9 Å². The van der Waals surface area contributed by atoms with Crippen molar-refractivity contribution in [2.24, 2.45) is 5.73 Å². The van der Waals surface area contributed by atoms with Crippen LogP contribution in [0, 0.1) is 0 Å². The maximum atomic E-state index is 11.3. The highest BCUT2D eigenvalue weighted by Gasteiger charge is 2.24. The Labute approximate surface area is 190 Å². The molecule has 2 heterocycles. The molecule has 0 fully saturated rings. The molecule has 31 heavy (non-hydrogen) atoms. The molecule has 3 N–H and O–H groups in total. The maximum Gasteiger partial charge on any atom is 0.409 e. The summed E-state index contributed by atoms with van der Waals surface area (Å²) in [6, 6.07) is 9.26. The van der Waals surface area contributed by atoms with E-state index < -0.39 is 6.09 Å². The second-order valence-electron chi connectivity index (χ2n) is 7.66. The molecular formula is C22H21Cl2N5O2. The average molecular weight is 458 g/mol. The van der Waals surface area contributed by atoms with Crippen LogP contribution in [0.2, 0.25) is 10.3 Å². The number of rotatable bonds is 5. The smallest absolute Gasteiger partial charge is 0.409 e. The number of hydrogen-bond donors (Lipinski definition) is 2. The first kappa shape index (κ1) is 22.5. The highest BCUT2D eigenvalue weighted by molar-refractivity contribution is 6.33. The molecule has 7 nitrogen and oxygen atoms in total. The van der Waals surface area contributed by atoms with Crippen molar-refractivity contribution in [2.45, 2.75) is 26.2 Å². The lowest BCUT2D eigenvalue weighted by Crippen LogP contribution is -2.21. The first-order valence-corrected chi connectivity index (χ1v) is 10.1. The van der Waals surface area contributed by atoms with Gasteiger partial charge in [-0.2, -0.15) is 4.98 Å². The standard InChI is InChI=1S/C22H21Cl2N5O2/c1-22(2,3)18-16(26-10-9-17(18)31-21(25)30)8-7-13-5-4-6-14(11-13)28-19-15(23)12-27-20(24)29-19/h4-12H,1-3H3,(H2,25,30)(H,27,28,29)/b8-7-. The number of halogens is 2. The quantitative estimate of drug-likeness (QED) is 0.465. The molecule has 0 unspecified atom stereocenters. The number of pyridine rings is 1. The molecular weight excluding hydrogens is 437 g/mol. The van der Waals surface area contributed by atoms with Gasteiger partial charge >= 0.3 is 6.09 Å². The van der Waals surface area contributed by atoms with Crippen molar-refractivity contribution in [1.29, 1.82) is 0 Å². The summed E-state index contributed by atoms with van der Waals surface area (Å²) in [4.78, 5) is 23.7. The van der Waals surface area contributed by atoms with Gasteiger partial charge in [-0.15, -0.1) is 0 Å². The summed E-state index contributed by atoms with van der Waals surface area (Å²) in [7, 11) is 0. The van der Waals surface area contributed by atoms with Crippen LogP contribution in [-0.4, -0.2) is 21.0 Å². The van der Waals surface area contributed by atoms with Crippen LogP contribution in [0.1, 0.15) is 37.6 Å². The number of benzene rings is 1. The summed E-state index contributed by atoms with van der Waals surface area (Å²) in [6.45, 7) is 6.03. The zero-order valence-electron chi connectivity index (χ0n) is 17.2. The van der Waals surface area contributed by atoms with Crippen LogP contribution in [0.5, 0.6) is 5.75 Å². The van der Waals surface area contributed by atoms with Crippen LogP contribution in [0.3, 0.4) is 0 Å². The Kier molecular flexibility index (Phi) is 6.77.